The molecule has 0 spiro atoms. The molecule has 0 aliphatic carbocycles. The van der Waals surface area contributed by atoms with Crippen molar-refractivity contribution in [2.45, 2.75) is 25.9 Å². The summed E-state index contributed by atoms with van der Waals surface area (Å²) in [4.78, 5) is 18.7. The van der Waals surface area contributed by atoms with E-state index in [4.69, 9.17) is 0 Å². The number of benzene rings is 1. The Morgan fingerprint density at radius 3 is 2.59 bits per heavy atom. The van der Waals surface area contributed by atoms with Crippen LogP contribution in [0, 0.1) is 5.92 Å². The molecule has 1 N–H and O–H groups in total. The van der Waals surface area contributed by atoms with Crippen LogP contribution in [-0.2, 0) is 0 Å². The van der Waals surface area contributed by atoms with Gasteiger partial charge in [0.15, 0.2) is 0 Å². The molecule has 1 saturated heterocycles. The van der Waals surface area contributed by atoms with Crippen molar-refractivity contribution >= 4 is 6.03 Å². The molecule has 2 heterocycles. The first-order chi connectivity index (χ1) is 10.7. The number of aromatic nitrogens is 1. The summed E-state index contributed by atoms with van der Waals surface area (Å²) in [5.74, 6) is 0.485. The van der Waals surface area contributed by atoms with E-state index < -0.39 is 0 Å². The maximum absolute atomic E-state index is 12.5. The molecule has 114 valence electrons. The van der Waals surface area contributed by atoms with Crippen LogP contribution in [0.4, 0.5) is 4.79 Å². The topological polar surface area (TPSA) is 45.2 Å². The molecule has 1 aliphatic rings. The van der Waals surface area contributed by atoms with Gasteiger partial charge in [0.25, 0.3) is 0 Å². The van der Waals surface area contributed by atoms with Crippen molar-refractivity contribution in [2.75, 3.05) is 6.54 Å². The molecule has 0 unspecified atom stereocenters. The minimum Gasteiger partial charge on any atom is -0.330 e. The van der Waals surface area contributed by atoms with Crippen LogP contribution in [0.3, 0.4) is 0 Å². The normalized spacial score (nSPS) is 21.8. The predicted octanol–water partition coefficient (Wildman–Crippen LogP) is 3.55. The Bertz CT molecular complexity index is 629. The summed E-state index contributed by atoms with van der Waals surface area (Å²) in [6.07, 6.45) is 1.75. The van der Waals surface area contributed by atoms with Gasteiger partial charge in [0.05, 0.1) is 17.8 Å². The van der Waals surface area contributed by atoms with E-state index in [-0.39, 0.29) is 18.1 Å². The van der Waals surface area contributed by atoms with E-state index in [0.29, 0.717) is 5.92 Å². The maximum Gasteiger partial charge on any atom is 0.318 e. The zero-order chi connectivity index (χ0) is 15.5. The predicted molar refractivity (Wildman–Crippen MR) is 86.2 cm³/mol. The molecule has 1 aromatic carbocycles. The van der Waals surface area contributed by atoms with Crippen LogP contribution in [-0.4, -0.2) is 22.5 Å². The molecule has 2 amide bonds. The minimum absolute atomic E-state index is 0.0230. The number of urea groups is 1. The van der Waals surface area contributed by atoms with Crippen LogP contribution in [0.25, 0.3) is 0 Å². The van der Waals surface area contributed by atoms with E-state index in [1.807, 2.05) is 48.2 Å². The van der Waals surface area contributed by atoms with E-state index >= 15 is 0 Å². The SMILES string of the molecule is C[C@H](NC(=O)N1C[C@H](C)[C@H]1c1ccccc1)c1ccccn1. The number of amides is 2. The lowest BCUT2D eigenvalue weighted by molar-refractivity contribution is 0.0578. The average Bonchev–Trinajstić information content (AvgIpc) is 2.54. The molecule has 2 aromatic rings. The number of likely N-dealkylation sites (tertiary alicyclic amines) is 1. The summed E-state index contributed by atoms with van der Waals surface area (Å²) in [5.41, 5.74) is 2.07. The zero-order valence-electron chi connectivity index (χ0n) is 12.9. The maximum atomic E-state index is 12.5. The Morgan fingerprint density at radius 1 is 1.23 bits per heavy atom. The van der Waals surface area contributed by atoms with Gasteiger partial charge in [-0.15, -0.1) is 0 Å². The van der Waals surface area contributed by atoms with Gasteiger partial charge in [-0.3, -0.25) is 4.98 Å². The molecular formula is C18H21N3O. The van der Waals surface area contributed by atoms with Crippen LogP contribution in [0.2, 0.25) is 0 Å². The van der Waals surface area contributed by atoms with E-state index in [1.54, 1.807) is 6.20 Å². The second-order valence-corrected chi connectivity index (χ2v) is 5.91. The van der Waals surface area contributed by atoms with Crippen LogP contribution in [0.5, 0.6) is 0 Å². The van der Waals surface area contributed by atoms with E-state index in [2.05, 4.69) is 29.4 Å². The van der Waals surface area contributed by atoms with Crippen molar-refractivity contribution in [1.29, 1.82) is 0 Å². The van der Waals surface area contributed by atoms with E-state index in [1.165, 1.54) is 5.56 Å². The average molecular weight is 295 g/mol. The molecule has 3 rings (SSSR count). The lowest BCUT2D eigenvalue weighted by atomic mass is 9.85. The standard InChI is InChI=1S/C18H21N3O/c1-13-12-21(17(13)15-8-4-3-5-9-15)18(22)20-14(2)16-10-6-7-11-19-16/h3-11,13-14,17H,12H2,1-2H3,(H,20,22)/t13-,14-,17-/m0/s1. The van der Waals surface area contributed by atoms with Gasteiger partial charge in [0, 0.05) is 12.7 Å². The number of carbonyl (C=O) groups excluding carboxylic acids is 1. The zero-order valence-corrected chi connectivity index (χ0v) is 12.9. The summed E-state index contributed by atoms with van der Waals surface area (Å²) in [7, 11) is 0. The molecule has 0 radical (unpaired) electrons. The van der Waals surface area contributed by atoms with Gasteiger partial charge in [-0.2, -0.15) is 0 Å². The third kappa shape index (κ3) is 2.82. The first kappa shape index (κ1) is 14.6. The molecule has 1 aliphatic heterocycles. The molecule has 4 heteroatoms. The highest BCUT2D eigenvalue weighted by Crippen LogP contribution is 2.38. The number of nitrogens with zero attached hydrogens (tertiary/aromatic N) is 2. The fourth-order valence-electron chi connectivity index (χ4n) is 3.03. The molecule has 0 saturated carbocycles. The smallest absolute Gasteiger partial charge is 0.318 e. The third-order valence-corrected chi connectivity index (χ3v) is 4.23. The van der Waals surface area contributed by atoms with Gasteiger partial charge >= 0.3 is 6.03 Å². The van der Waals surface area contributed by atoms with Crippen LogP contribution in [0.15, 0.2) is 54.7 Å². The quantitative estimate of drug-likeness (QED) is 0.941. The van der Waals surface area contributed by atoms with Crippen molar-refractivity contribution in [3.8, 4) is 0 Å². The summed E-state index contributed by atoms with van der Waals surface area (Å²) >= 11 is 0. The second-order valence-electron chi connectivity index (χ2n) is 5.91. The third-order valence-electron chi connectivity index (χ3n) is 4.23. The van der Waals surface area contributed by atoms with Crippen molar-refractivity contribution in [3.63, 3.8) is 0 Å². The Kier molecular flexibility index (Phi) is 4.09. The first-order valence-corrected chi connectivity index (χ1v) is 7.70. The summed E-state index contributed by atoms with van der Waals surface area (Å²) in [5, 5.41) is 3.04. The van der Waals surface area contributed by atoms with Crippen molar-refractivity contribution < 1.29 is 4.79 Å². The fraction of sp³-hybridized carbons (Fsp3) is 0.333. The Morgan fingerprint density at radius 2 is 1.95 bits per heavy atom. The number of pyridine rings is 1. The van der Waals surface area contributed by atoms with Gasteiger partial charge in [0.2, 0.25) is 0 Å². The van der Waals surface area contributed by atoms with E-state index in [0.717, 1.165) is 12.2 Å². The van der Waals surface area contributed by atoms with Crippen molar-refractivity contribution in [1.82, 2.24) is 15.2 Å². The number of hydrogen-bond acceptors (Lipinski definition) is 2. The first-order valence-electron chi connectivity index (χ1n) is 7.70. The summed E-state index contributed by atoms with van der Waals surface area (Å²) < 4.78 is 0. The van der Waals surface area contributed by atoms with Crippen molar-refractivity contribution in [3.05, 3.63) is 66.0 Å². The highest BCUT2D eigenvalue weighted by molar-refractivity contribution is 5.76. The molecule has 1 fully saturated rings. The second kappa shape index (κ2) is 6.18. The monoisotopic (exact) mass is 295 g/mol. The lowest BCUT2D eigenvalue weighted by Crippen LogP contribution is -2.55. The molecular weight excluding hydrogens is 274 g/mol. The largest absolute Gasteiger partial charge is 0.330 e. The summed E-state index contributed by atoms with van der Waals surface area (Å²) in [6.45, 7) is 4.94. The number of rotatable bonds is 3. The van der Waals surface area contributed by atoms with Gasteiger partial charge in [0.1, 0.15) is 0 Å². The highest BCUT2D eigenvalue weighted by atomic mass is 16.2. The highest BCUT2D eigenvalue weighted by Gasteiger charge is 2.40. The number of hydrogen-bond donors (Lipinski definition) is 1. The van der Waals surface area contributed by atoms with Gasteiger partial charge in [-0.25, -0.2) is 4.79 Å². The van der Waals surface area contributed by atoms with Crippen LogP contribution >= 0.6 is 0 Å². The van der Waals surface area contributed by atoms with Crippen LogP contribution in [0.1, 0.15) is 37.2 Å². The Balaban J connectivity index is 1.68. The van der Waals surface area contributed by atoms with Gasteiger partial charge < -0.3 is 10.2 Å². The molecule has 3 atom stereocenters. The van der Waals surface area contributed by atoms with Crippen molar-refractivity contribution in [2.24, 2.45) is 5.92 Å². The molecule has 22 heavy (non-hydrogen) atoms. The van der Waals surface area contributed by atoms with Crippen LogP contribution < -0.4 is 5.32 Å². The molecule has 4 nitrogen and oxygen atoms in total. The number of nitrogens with one attached hydrogen (secondary N) is 1. The Labute approximate surface area is 131 Å². The fourth-order valence-corrected chi connectivity index (χ4v) is 3.03. The minimum atomic E-state index is -0.0963. The van der Waals surface area contributed by atoms with E-state index in [9.17, 15) is 4.79 Å². The van der Waals surface area contributed by atoms with Gasteiger partial charge in [-0.05, 0) is 30.5 Å². The molecule has 1 aromatic heterocycles. The summed E-state index contributed by atoms with van der Waals surface area (Å²) in [6, 6.07) is 16.0. The van der Waals surface area contributed by atoms with Gasteiger partial charge in [-0.1, -0.05) is 43.3 Å². The lowest BCUT2D eigenvalue weighted by Gasteiger charge is -2.47. The molecule has 0 bridgehead atoms. The Hall–Kier alpha value is -2.36. The number of carbonyl (C=O) groups is 1.